The fourth-order valence-corrected chi connectivity index (χ4v) is 4.21. The number of benzene rings is 2. The number of nitrogens with one attached hydrogen (secondary N) is 2. The highest BCUT2D eigenvalue weighted by atomic mass is 35.5. The van der Waals surface area contributed by atoms with E-state index >= 15 is 0 Å². The molecule has 0 atom stereocenters. The van der Waals surface area contributed by atoms with Gasteiger partial charge in [-0.3, -0.25) is 4.79 Å². The van der Waals surface area contributed by atoms with Crippen molar-refractivity contribution in [1.29, 1.82) is 0 Å². The molecular weight excluding hydrogens is 402 g/mol. The number of carbonyl (C=O) groups is 1. The molecule has 0 spiro atoms. The highest BCUT2D eigenvalue weighted by molar-refractivity contribution is 7.89. The number of carbonyl (C=O) groups excluding carboxylic acids is 1. The molecule has 0 radical (unpaired) electrons. The van der Waals surface area contributed by atoms with Crippen molar-refractivity contribution in [2.45, 2.75) is 18.7 Å². The summed E-state index contributed by atoms with van der Waals surface area (Å²) in [5.41, 5.74) is 1.03. The maximum atomic E-state index is 12.7. The minimum atomic E-state index is -3.65. The molecule has 0 fully saturated rings. The van der Waals surface area contributed by atoms with Crippen LogP contribution in [0.1, 0.15) is 13.8 Å². The van der Waals surface area contributed by atoms with Gasteiger partial charge in [-0.25, -0.2) is 8.42 Å². The van der Waals surface area contributed by atoms with Crippen LogP contribution in [0.25, 0.3) is 0 Å². The molecule has 1 amide bonds. The maximum Gasteiger partial charge on any atom is 0.243 e. The summed E-state index contributed by atoms with van der Waals surface area (Å²) in [6.07, 6.45) is 0. The molecule has 0 saturated heterocycles. The van der Waals surface area contributed by atoms with E-state index in [1.165, 1.54) is 29.6 Å². The Labute approximate surface area is 170 Å². The van der Waals surface area contributed by atoms with Crippen LogP contribution in [0.15, 0.2) is 47.4 Å². The van der Waals surface area contributed by atoms with Crippen molar-refractivity contribution in [3.8, 4) is 5.75 Å². The van der Waals surface area contributed by atoms with Crippen LogP contribution in [-0.2, 0) is 14.8 Å². The van der Waals surface area contributed by atoms with E-state index in [2.05, 4.69) is 10.6 Å². The number of amides is 1. The predicted octanol–water partition coefficient (Wildman–Crippen LogP) is 3.43. The summed E-state index contributed by atoms with van der Waals surface area (Å²) in [7, 11) is -2.19. The number of nitrogens with zero attached hydrogens (tertiary/aromatic N) is 1. The second-order valence-electron chi connectivity index (χ2n) is 5.86. The zero-order chi connectivity index (χ0) is 20.7. The smallest absolute Gasteiger partial charge is 0.243 e. The monoisotopic (exact) mass is 425 g/mol. The van der Waals surface area contributed by atoms with Crippen molar-refractivity contribution in [3.63, 3.8) is 0 Å². The van der Waals surface area contributed by atoms with E-state index in [1.54, 1.807) is 38.1 Å². The lowest BCUT2D eigenvalue weighted by Gasteiger charge is -2.19. The molecule has 7 nitrogen and oxygen atoms in total. The molecule has 0 unspecified atom stereocenters. The van der Waals surface area contributed by atoms with Gasteiger partial charge in [0.25, 0.3) is 0 Å². The molecule has 0 aliphatic rings. The molecule has 2 N–H and O–H groups in total. The van der Waals surface area contributed by atoms with E-state index in [0.29, 0.717) is 29.5 Å². The van der Waals surface area contributed by atoms with Gasteiger partial charge in [-0.1, -0.05) is 25.4 Å². The van der Waals surface area contributed by atoms with Crippen molar-refractivity contribution in [3.05, 3.63) is 47.5 Å². The molecule has 9 heteroatoms. The average Bonchev–Trinajstić information content (AvgIpc) is 2.68. The normalized spacial score (nSPS) is 11.3. The third kappa shape index (κ3) is 5.37. The summed E-state index contributed by atoms with van der Waals surface area (Å²) in [4.78, 5) is 12.4. The summed E-state index contributed by atoms with van der Waals surface area (Å²) in [5, 5.41) is 6.27. The number of methoxy groups -OCH3 is 1. The van der Waals surface area contributed by atoms with Crippen LogP contribution >= 0.6 is 11.6 Å². The van der Waals surface area contributed by atoms with Crippen LogP contribution in [0.5, 0.6) is 5.75 Å². The zero-order valence-electron chi connectivity index (χ0n) is 16.0. The number of rotatable bonds is 9. The number of sulfonamides is 1. The summed E-state index contributed by atoms with van der Waals surface area (Å²) in [5.74, 6) is 0.0315. The van der Waals surface area contributed by atoms with Gasteiger partial charge in [0, 0.05) is 23.8 Å². The molecule has 0 aliphatic carbocycles. The Morgan fingerprint density at radius 1 is 1.11 bits per heavy atom. The summed E-state index contributed by atoms with van der Waals surface area (Å²) >= 11 is 5.84. The molecule has 152 valence electrons. The molecule has 2 aromatic carbocycles. The average molecular weight is 426 g/mol. The van der Waals surface area contributed by atoms with Gasteiger partial charge in [-0.2, -0.15) is 4.31 Å². The minimum absolute atomic E-state index is 0.00217. The lowest BCUT2D eigenvalue weighted by Crippen LogP contribution is -2.30. The van der Waals surface area contributed by atoms with Gasteiger partial charge in [0.1, 0.15) is 5.75 Å². The van der Waals surface area contributed by atoms with Gasteiger partial charge in [0.05, 0.1) is 24.2 Å². The standard InChI is InChI=1S/C19H24ClN3O4S/c1-4-23(5-2)28(25,26)16-10-11-18(27-3)17(12-16)22-19(24)13-21-15-8-6-14(20)7-9-15/h6-12,21H,4-5,13H2,1-3H3,(H,22,24). The Morgan fingerprint density at radius 2 is 1.75 bits per heavy atom. The van der Waals surface area contributed by atoms with Crippen molar-refractivity contribution in [1.82, 2.24) is 4.31 Å². The zero-order valence-corrected chi connectivity index (χ0v) is 17.6. The topological polar surface area (TPSA) is 87.7 Å². The van der Waals surface area contributed by atoms with E-state index in [0.717, 1.165) is 5.69 Å². The molecular formula is C19H24ClN3O4S. The lowest BCUT2D eigenvalue weighted by atomic mass is 10.3. The Bertz CT molecular complexity index is 913. The third-order valence-electron chi connectivity index (χ3n) is 4.09. The molecule has 2 rings (SSSR count). The predicted molar refractivity (Wildman–Crippen MR) is 112 cm³/mol. The molecule has 0 heterocycles. The van der Waals surface area contributed by atoms with Gasteiger partial charge >= 0.3 is 0 Å². The van der Waals surface area contributed by atoms with Crippen LogP contribution in [0.4, 0.5) is 11.4 Å². The van der Waals surface area contributed by atoms with E-state index < -0.39 is 10.0 Å². The van der Waals surface area contributed by atoms with E-state index in [-0.39, 0.29) is 17.3 Å². The van der Waals surface area contributed by atoms with Crippen molar-refractivity contribution < 1.29 is 17.9 Å². The Balaban J connectivity index is 2.17. The Kier molecular flexibility index (Phi) is 7.68. The van der Waals surface area contributed by atoms with E-state index in [1.807, 2.05) is 0 Å². The molecule has 0 aromatic heterocycles. The molecule has 28 heavy (non-hydrogen) atoms. The number of hydrogen-bond acceptors (Lipinski definition) is 5. The molecule has 0 saturated carbocycles. The van der Waals surface area contributed by atoms with Gasteiger partial charge in [0.15, 0.2) is 0 Å². The second kappa shape index (κ2) is 9.77. The van der Waals surface area contributed by atoms with Gasteiger partial charge in [-0.15, -0.1) is 0 Å². The van der Waals surface area contributed by atoms with Crippen molar-refractivity contribution in [2.24, 2.45) is 0 Å². The largest absolute Gasteiger partial charge is 0.495 e. The van der Waals surface area contributed by atoms with Gasteiger partial charge < -0.3 is 15.4 Å². The Hall–Kier alpha value is -2.29. The first-order valence-corrected chi connectivity index (χ1v) is 10.6. The minimum Gasteiger partial charge on any atom is -0.495 e. The molecule has 0 bridgehead atoms. The van der Waals surface area contributed by atoms with E-state index in [9.17, 15) is 13.2 Å². The molecule has 0 aliphatic heterocycles. The van der Waals surface area contributed by atoms with Crippen LogP contribution in [-0.4, -0.2) is 45.4 Å². The van der Waals surface area contributed by atoms with Crippen LogP contribution in [0, 0.1) is 0 Å². The number of halogens is 1. The third-order valence-corrected chi connectivity index (χ3v) is 6.38. The summed E-state index contributed by atoms with van der Waals surface area (Å²) < 4.78 is 32.0. The SMILES string of the molecule is CCN(CC)S(=O)(=O)c1ccc(OC)c(NC(=O)CNc2ccc(Cl)cc2)c1. The number of anilines is 2. The summed E-state index contributed by atoms with van der Waals surface area (Å²) in [6, 6.07) is 11.3. The summed E-state index contributed by atoms with van der Waals surface area (Å²) in [6.45, 7) is 4.26. The van der Waals surface area contributed by atoms with E-state index in [4.69, 9.17) is 16.3 Å². The fourth-order valence-electron chi connectivity index (χ4n) is 2.60. The molecule has 2 aromatic rings. The van der Waals surface area contributed by atoms with Crippen LogP contribution in [0.2, 0.25) is 5.02 Å². The number of ether oxygens (including phenoxy) is 1. The van der Waals surface area contributed by atoms with Crippen molar-refractivity contribution >= 4 is 38.9 Å². The second-order valence-corrected chi connectivity index (χ2v) is 8.23. The highest BCUT2D eigenvalue weighted by Crippen LogP contribution is 2.29. The first-order valence-electron chi connectivity index (χ1n) is 8.79. The van der Waals surface area contributed by atoms with Crippen LogP contribution in [0.3, 0.4) is 0 Å². The van der Waals surface area contributed by atoms with Gasteiger partial charge in [-0.05, 0) is 42.5 Å². The maximum absolute atomic E-state index is 12.7. The van der Waals surface area contributed by atoms with Crippen LogP contribution < -0.4 is 15.4 Å². The first kappa shape index (κ1) is 22.0. The number of hydrogen-bond donors (Lipinski definition) is 2. The quantitative estimate of drug-likeness (QED) is 0.642. The lowest BCUT2D eigenvalue weighted by molar-refractivity contribution is -0.114. The fraction of sp³-hybridized carbons (Fsp3) is 0.316. The van der Waals surface area contributed by atoms with Gasteiger partial charge in [0.2, 0.25) is 15.9 Å². The highest BCUT2D eigenvalue weighted by Gasteiger charge is 2.23. The Morgan fingerprint density at radius 3 is 2.32 bits per heavy atom. The first-order chi connectivity index (χ1) is 13.3. The van der Waals surface area contributed by atoms with Crippen molar-refractivity contribution in [2.75, 3.05) is 37.4 Å².